The first-order valence-electron chi connectivity index (χ1n) is 5.43. The second-order valence-corrected chi connectivity index (χ2v) is 4.63. The Labute approximate surface area is 103 Å². The first-order chi connectivity index (χ1) is 8.27. The average molecular weight is 254 g/mol. The predicted molar refractivity (Wildman–Crippen MR) is 63.4 cm³/mol. The standard InChI is InChI=1S/C10H14N4O2S/c15-9(13-7-8-12-3-6-17-8)10(16)14-4-1-11-2-5-14/h3,6,11H,1-2,4-5,7H2,(H,13,15). The fourth-order valence-electron chi connectivity index (χ4n) is 1.58. The van der Waals surface area contributed by atoms with E-state index in [-0.39, 0.29) is 0 Å². The number of rotatable bonds is 2. The molecule has 1 aliphatic rings. The van der Waals surface area contributed by atoms with Crippen LogP contribution in [0.1, 0.15) is 5.01 Å². The van der Waals surface area contributed by atoms with Gasteiger partial charge in [0, 0.05) is 37.8 Å². The summed E-state index contributed by atoms with van der Waals surface area (Å²) >= 11 is 1.45. The van der Waals surface area contributed by atoms with Crippen LogP contribution in [-0.2, 0) is 16.1 Å². The number of amides is 2. The molecule has 2 rings (SSSR count). The molecule has 0 aliphatic carbocycles. The molecular formula is C10H14N4O2S. The van der Waals surface area contributed by atoms with Gasteiger partial charge in [-0.2, -0.15) is 0 Å². The minimum atomic E-state index is -0.554. The lowest BCUT2D eigenvalue weighted by Gasteiger charge is -2.26. The van der Waals surface area contributed by atoms with Crippen molar-refractivity contribution >= 4 is 23.2 Å². The van der Waals surface area contributed by atoms with Crippen LogP contribution < -0.4 is 10.6 Å². The summed E-state index contributed by atoms with van der Waals surface area (Å²) in [7, 11) is 0. The molecule has 17 heavy (non-hydrogen) atoms. The number of piperazine rings is 1. The first kappa shape index (κ1) is 12.0. The summed E-state index contributed by atoms with van der Waals surface area (Å²) in [5.74, 6) is -1.01. The van der Waals surface area contributed by atoms with Gasteiger partial charge in [-0.15, -0.1) is 11.3 Å². The number of thiazole rings is 1. The Kier molecular flexibility index (Phi) is 4.05. The summed E-state index contributed by atoms with van der Waals surface area (Å²) < 4.78 is 0. The quantitative estimate of drug-likeness (QED) is 0.677. The van der Waals surface area contributed by atoms with Crippen molar-refractivity contribution in [1.29, 1.82) is 0 Å². The molecule has 0 saturated carbocycles. The van der Waals surface area contributed by atoms with Crippen LogP contribution in [0.3, 0.4) is 0 Å². The zero-order chi connectivity index (χ0) is 12.1. The molecule has 1 saturated heterocycles. The summed E-state index contributed by atoms with van der Waals surface area (Å²) in [4.78, 5) is 28.9. The van der Waals surface area contributed by atoms with Crippen molar-refractivity contribution in [3.63, 3.8) is 0 Å². The van der Waals surface area contributed by atoms with Gasteiger partial charge in [-0.1, -0.05) is 0 Å². The molecule has 0 atom stereocenters. The summed E-state index contributed by atoms with van der Waals surface area (Å²) in [6.07, 6.45) is 1.67. The maximum atomic E-state index is 11.7. The third-order valence-corrected chi connectivity index (χ3v) is 3.26. The van der Waals surface area contributed by atoms with E-state index in [4.69, 9.17) is 0 Å². The van der Waals surface area contributed by atoms with E-state index < -0.39 is 11.8 Å². The number of carbonyl (C=O) groups is 2. The van der Waals surface area contributed by atoms with E-state index in [9.17, 15) is 9.59 Å². The van der Waals surface area contributed by atoms with E-state index >= 15 is 0 Å². The van der Waals surface area contributed by atoms with Gasteiger partial charge in [-0.3, -0.25) is 9.59 Å². The fourth-order valence-corrected chi connectivity index (χ4v) is 2.14. The third-order valence-electron chi connectivity index (χ3n) is 2.48. The van der Waals surface area contributed by atoms with E-state index in [0.717, 1.165) is 18.1 Å². The van der Waals surface area contributed by atoms with Crippen molar-refractivity contribution in [2.24, 2.45) is 0 Å². The normalized spacial score (nSPS) is 15.6. The van der Waals surface area contributed by atoms with Gasteiger partial charge in [0.2, 0.25) is 0 Å². The number of carbonyl (C=O) groups excluding carboxylic acids is 2. The lowest BCUT2D eigenvalue weighted by Crippen LogP contribution is -2.51. The van der Waals surface area contributed by atoms with Crippen LogP contribution in [0.4, 0.5) is 0 Å². The molecule has 0 bridgehead atoms. The number of hydrogen-bond acceptors (Lipinski definition) is 5. The fraction of sp³-hybridized carbons (Fsp3) is 0.500. The Balaban J connectivity index is 1.80. The SMILES string of the molecule is O=C(NCc1nccs1)C(=O)N1CCNCC1. The smallest absolute Gasteiger partial charge is 0.311 e. The molecule has 0 spiro atoms. The van der Waals surface area contributed by atoms with Crippen molar-refractivity contribution in [3.05, 3.63) is 16.6 Å². The van der Waals surface area contributed by atoms with Crippen LogP contribution >= 0.6 is 11.3 Å². The van der Waals surface area contributed by atoms with Crippen LogP contribution in [-0.4, -0.2) is 47.9 Å². The molecule has 7 heteroatoms. The highest BCUT2D eigenvalue weighted by atomic mass is 32.1. The molecule has 2 amide bonds. The second kappa shape index (κ2) is 5.74. The van der Waals surface area contributed by atoms with E-state index in [1.54, 1.807) is 11.1 Å². The highest BCUT2D eigenvalue weighted by Crippen LogP contribution is 2.02. The van der Waals surface area contributed by atoms with Gasteiger partial charge in [0.15, 0.2) is 0 Å². The van der Waals surface area contributed by atoms with Gasteiger partial charge < -0.3 is 15.5 Å². The van der Waals surface area contributed by atoms with Crippen LogP contribution in [0, 0.1) is 0 Å². The molecule has 1 aromatic rings. The largest absolute Gasteiger partial charge is 0.341 e. The van der Waals surface area contributed by atoms with Crippen molar-refractivity contribution in [3.8, 4) is 0 Å². The van der Waals surface area contributed by atoms with Gasteiger partial charge >= 0.3 is 11.8 Å². The minimum Gasteiger partial charge on any atom is -0.341 e. The van der Waals surface area contributed by atoms with Crippen LogP contribution in [0.25, 0.3) is 0 Å². The zero-order valence-corrected chi connectivity index (χ0v) is 10.1. The van der Waals surface area contributed by atoms with Gasteiger partial charge in [-0.05, 0) is 0 Å². The molecule has 1 fully saturated rings. The summed E-state index contributed by atoms with van der Waals surface area (Å²) in [6.45, 7) is 2.97. The van der Waals surface area contributed by atoms with Crippen molar-refractivity contribution in [2.45, 2.75) is 6.54 Å². The van der Waals surface area contributed by atoms with Crippen molar-refractivity contribution in [1.82, 2.24) is 20.5 Å². The summed E-state index contributed by atoms with van der Waals surface area (Å²) in [6, 6.07) is 0. The lowest BCUT2D eigenvalue weighted by atomic mass is 10.3. The minimum absolute atomic E-state index is 0.314. The highest BCUT2D eigenvalue weighted by Gasteiger charge is 2.22. The van der Waals surface area contributed by atoms with Gasteiger partial charge in [0.1, 0.15) is 5.01 Å². The van der Waals surface area contributed by atoms with Crippen molar-refractivity contribution in [2.75, 3.05) is 26.2 Å². The number of nitrogens with zero attached hydrogens (tertiary/aromatic N) is 2. The Hall–Kier alpha value is -1.47. The monoisotopic (exact) mass is 254 g/mol. The molecule has 2 N–H and O–H groups in total. The number of nitrogens with one attached hydrogen (secondary N) is 2. The van der Waals surface area contributed by atoms with Crippen molar-refractivity contribution < 1.29 is 9.59 Å². The Morgan fingerprint density at radius 1 is 1.47 bits per heavy atom. The summed E-state index contributed by atoms with van der Waals surface area (Å²) in [5, 5.41) is 8.34. The molecule has 0 aromatic carbocycles. The molecule has 0 radical (unpaired) electrons. The van der Waals surface area contributed by atoms with Crippen LogP contribution in [0.2, 0.25) is 0 Å². The first-order valence-corrected chi connectivity index (χ1v) is 6.31. The van der Waals surface area contributed by atoms with Crippen LogP contribution in [0.15, 0.2) is 11.6 Å². The van der Waals surface area contributed by atoms with Crippen LogP contribution in [0.5, 0.6) is 0 Å². The zero-order valence-electron chi connectivity index (χ0n) is 9.31. The van der Waals surface area contributed by atoms with E-state index in [1.807, 2.05) is 5.38 Å². The maximum Gasteiger partial charge on any atom is 0.311 e. The predicted octanol–water partition coefficient (Wildman–Crippen LogP) is -0.809. The second-order valence-electron chi connectivity index (χ2n) is 3.65. The molecule has 1 aromatic heterocycles. The molecule has 92 valence electrons. The van der Waals surface area contributed by atoms with E-state index in [0.29, 0.717) is 19.6 Å². The number of hydrogen-bond donors (Lipinski definition) is 2. The topological polar surface area (TPSA) is 74.3 Å². The average Bonchev–Trinajstić information content (AvgIpc) is 2.89. The molecule has 2 heterocycles. The molecule has 0 unspecified atom stereocenters. The Bertz CT molecular complexity index is 387. The Morgan fingerprint density at radius 3 is 2.88 bits per heavy atom. The van der Waals surface area contributed by atoms with Gasteiger partial charge in [0.05, 0.1) is 6.54 Å². The Morgan fingerprint density at radius 2 is 2.24 bits per heavy atom. The molecule has 6 nitrogen and oxygen atoms in total. The lowest BCUT2D eigenvalue weighted by molar-refractivity contribution is -0.146. The third kappa shape index (κ3) is 3.24. The van der Waals surface area contributed by atoms with E-state index in [1.165, 1.54) is 11.3 Å². The summed E-state index contributed by atoms with van der Waals surface area (Å²) in [5.41, 5.74) is 0. The maximum absolute atomic E-state index is 11.7. The molecule has 1 aliphatic heterocycles. The number of aromatic nitrogens is 1. The van der Waals surface area contributed by atoms with Gasteiger partial charge in [-0.25, -0.2) is 4.98 Å². The molecular weight excluding hydrogens is 240 g/mol. The highest BCUT2D eigenvalue weighted by molar-refractivity contribution is 7.09. The van der Waals surface area contributed by atoms with Gasteiger partial charge in [0.25, 0.3) is 0 Å². The van der Waals surface area contributed by atoms with E-state index in [2.05, 4.69) is 15.6 Å².